The topological polar surface area (TPSA) is 45.2 Å². The fourth-order valence-corrected chi connectivity index (χ4v) is 1.34. The van der Waals surface area contributed by atoms with E-state index in [1.165, 1.54) is 17.2 Å². The highest BCUT2D eigenvalue weighted by atomic mass is 79.9. The molecule has 1 aromatic rings. The van der Waals surface area contributed by atoms with Gasteiger partial charge in [0.2, 0.25) is 0 Å². The van der Waals surface area contributed by atoms with Gasteiger partial charge in [0.05, 0.1) is 4.47 Å². The van der Waals surface area contributed by atoms with Crippen molar-refractivity contribution >= 4 is 21.8 Å². The number of halogens is 2. The molecule has 1 rings (SSSR count). The second kappa shape index (κ2) is 8.02. The average molecular weight is 376 g/mol. The zero-order valence-corrected chi connectivity index (χ0v) is 16.3. The van der Waals surface area contributed by atoms with Crippen LogP contribution in [0.5, 0.6) is 0 Å². The Morgan fingerprint density at radius 3 is 2.09 bits per heavy atom. The predicted octanol–water partition coefficient (Wildman–Crippen LogP) is 3.86. The maximum absolute atomic E-state index is 13.6. The summed E-state index contributed by atoms with van der Waals surface area (Å²) in [7, 11) is 3.59. The molecule has 1 N–H and O–H groups in total. The maximum atomic E-state index is 13.6. The van der Waals surface area contributed by atoms with Crippen LogP contribution in [0.3, 0.4) is 0 Å². The van der Waals surface area contributed by atoms with Crippen molar-refractivity contribution < 1.29 is 9.18 Å². The zero-order chi connectivity index (χ0) is 17.7. The number of carbonyl (C=O) groups is 1. The molecule has 22 heavy (non-hydrogen) atoms. The van der Waals surface area contributed by atoms with Crippen LogP contribution in [0.4, 0.5) is 4.39 Å². The van der Waals surface area contributed by atoms with Crippen LogP contribution in [0.2, 0.25) is 0 Å². The molecule has 0 fully saturated rings. The summed E-state index contributed by atoms with van der Waals surface area (Å²) >= 11 is 3.03. The number of carbonyl (C=O) groups excluding carboxylic acids is 1. The van der Waals surface area contributed by atoms with E-state index in [2.05, 4.69) is 47.0 Å². The summed E-state index contributed by atoms with van der Waals surface area (Å²) in [5.41, 5.74) is -0.236. The first-order chi connectivity index (χ1) is 9.81. The predicted molar refractivity (Wildman–Crippen MR) is 92.6 cm³/mol. The van der Waals surface area contributed by atoms with Gasteiger partial charge < -0.3 is 10.2 Å². The molecule has 0 atom stereocenters. The van der Waals surface area contributed by atoms with E-state index < -0.39 is 11.7 Å². The summed E-state index contributed by atoms with van der Waals surface area (Å²) in [4.78, 5) is 17.2. The van der Waals surface area contributed by atoms with Crippen molar-refractivity contribution in [2.24, 2.45) is 0 Å². The minimum atomic E-state index is -0.622. The summed E-state index contributed by atoms with van der Waals surface area (Å²) in [6, 6.07) is 1.46. The van der Waals surface area contributed by atoms with E-state index in [1.54, 1.807) is 7.05 Å². The molecule has 0 aliphatic rings. The Morgan fingerprint density at radius 1 is 1.27 bits per heavy atom. The van der Waals surface area contributed by atoms with Crippen molar-refractivity contribution in [3.8, 4) is 0 Å². The number of amides is 1. The highest BCUT2D eigenvalue weighted by Gasteiger charge is 2.27. The normalized spacial score (nSPS) is 11.5. The molecule has 0 aliphatic carbocycles. The first kappa shape index (κ1) is 21.0. The lowest BCUT2D eigenvalue weighted by Gasteiger charge is -2.31. The Kier molecular flexibility index (Phi) is 7.65. The monoisotopic (exact) mass is 375 g/mol. The van der Waals surface area contributed by atoms with Gasteiger partial charge in [-0.1, -0.05) is 0 Å². The van der Waals surface area contributed by atoms with Crippen LogP contribution in [0.15, 0.2) is 16.7 Å². The minimum absolute atomic E-state index is 0.160. The van der Waals surface area contributed by atoms with Gasteiger partial charge in [0.25, 0.3) is 5.91 Å². The first-order valence-corrected chi connectivity index (χ1v) is 7.87. The van der Waals surface area contributed by atoms with Crippen LogP contribution in [-0.2, 0) is 0 Å². The molecule has 0 saturated carbocycles. The van der Waals surface area contributed by atoms with Gasteiger partial charge in [-0.3, -0.25) is 4.79 Å². The van der Waals surface area contributed by atoms with Gasteiger partial charge in [-0.2, -0.15) is 0 Å². The number of hydrogen-bond acceptors (Lipinski definition) is 3. The molecule has 0 aromatic carbocycles. The smallest absolute Gasteiger partial charge is 0.275 e. The lowest BCUT2D eigenvalue weighted by Crippen LogP contribution is -2.43. The summed E-state index contributed by atoms with van der Waals surface area (Å²) in [6.45, 7) is 12.0. The highest BCUT2D eigenvalue weighted by molar-refractivity contribution is 9.10. The Morgan fingerprint density at radius 2 is 1.73 bits per heavy atom. The second-order valence-electron chi connectivity index (χ2n) is 6.99. The lowest BCUT2D eigenvalue weighted by atomic mass is 10.1. The van der Waals surface area contributed by atoms with Gasteiger partial charge in [0.15, 0.2) is 11.5 Å². The second-order valence-corrected chi connectivity index (χ2v) is 7.84. The summed E-state index contributed by atoms with van der Waals surface area (Å²) in [6.07, 6.45) is 1.40. The maximum Gasteiger partial charge on any atom is 0.275 e. The zero-order valence-electron chi connectivity index (χ0n) is 14.7. The van der Waals surface area contributed by atoms with Crippen molar-refractivity contribution in [2.45, 2.75) is 52.6 Å². The van der Waals surface area contributed by atoms with E-state index in [0.29, 0.717) is 5.54 Å². The largest absolute Gasteiger partial charge is 0.335 e. The van der Waals surface area contributed by atoms with E-state index in [-0.39, 0.29) is 15.7 Å². The third kappa shape index (κ3) is 6.83. The SMILES string of the molecule is CN(C(=O)c1nccc(Br)c1F)C(C)(C)C.CNC(C)(C)C. The van der Waals surface area contributed by atoms with Crippen LogP contribution < -0.4 is 5.32 Å². The fraction of sp³-hybridized carbons (Fsp3) is 0.625. The van der Waals surface area contributed by atoms with Gasteiger partial charge >= 0.3 is 0 Å². The van der Waals surface area contributed by atoms with Gasteiger partial charge in [0.1, 0.15) is 0 Å². The van der Waals surface area contributed by atoms with Gasteiger partial charge in [-0.25, -0.2) is 9.37 Å². The molecule has 4 nitrogen and oxygen atoms in total. The molecule has 1 amide bonds. The molecule has 1 heterocycles. The number of nitrogens with one attached hydrogen (secondary N) is 1. The molecule has 0 unspecified atom stereocenters. The van der Waals surface area contributed by atoms with Gasteiger partial charge in [-0.15, -0.1) is 0 Å². The average Bonchev–Trinajstić information content (AvgIpc) is 2.39. The van der Waals surface area contributed by atoms with Crippen molar-refractivity contribution in [1.29, 1.82) is 0 Å². The lowest BCUT2D eigenvalue weighted by molar-refractivity contribution is 0.0644. The number of rotatable bonds is 1. The van der Waals surface area contributed by atoms with Crippen molar-refractivity contribution in [3.63, 3.8) is 0 Å². The van der Waals surface area contributed by atoms with Crippen molar-refractivity contribution in [2.75, 3.05) is 14.1 Å². The Bertz CT molecular complexity index is 507. The quantitative estimate of drug-likeness (QED) is 0.810. The molecule has 0 radical (unpaired) electrons. The van der Waals surface area contributed by atoms with E-state index in [4.69, 9.17) is 0 Å². The third-order valence-electron chi connectivity index (χ3n) is 3.11. The molecule has 6 heteroatoms. The Balaban J connectivity index is 0.000000626. The fourth-order valence-electron chi connectivity index (χ4n) is 1.03. The van der Waals surface area contributed by atoms with E-state index in [0.717, 1.165) is 0 Å². The van der Waals surface area contributed by atoms with Crippen molar-refractivity contribution in [1.82, 2.24) is 15.2 Å². The van der Waals surface area contributed by atoms with E-state index in [9.17, 15) is 9.18 Å². The molecular weight excluding hydrogens is 349 g/mol. The molecule has 0 aliphatic heterocycles. The van der Waals surface area contributed by atoms with E-state index >= 15 is 0 Å². The standard InChI is InChI=1S/C11H14BrFN2O.C5H13N/c1-11(2,3)15(4)10(16)9-8(13)7(12)5-6-14-9;1-5(2,3)6-4/h5-6H,1-4H3;6H,1-4H3. The molecule has 0 spiro atoms. The van der Waals surface area contributed by atoms with Gasteiger partial charge in [-0.05, 0) is 70.6 Å². The summed E-state index contributed by atoms with van der Waals surface area (Å²) in [5, 5.41) is 3.10. The Labute approximate surface area is 141 Å². The Hall–Kier alpha value is -1.01. The van der Waals surface area contributed by atoms with Crippen LogP contribution in [0.25, 0.3) is 0 Å². The number of aromatic nitrogens is 1. The molecule has 126 valence electrons. The summed E-state index contributed by atoms with van der Waals surface area (Å²) < 4.78 is 13.9. The van der Waals surface area contributed by atoms with Crippen LogP contribution in [0.1, 0.15) is 52.0 Å². The van der Waals surface area contributed by atoms with E-state index in [1.807, 2.05) is 27.8 Å². The molecule has 0 saturated heterocycles. The van der Waals surface area contributed by atoms with Gasteiger partial charge in [0, 0.05) is 24.3 Å². The van der Waals surface area contributed by atoms with Crippen LogP contribution in [0, 0.1) is 5.82 Å². The minimum Gasteiger partial charge on any atom is -0.335 e. The van der Waals surface area contributed by atoms with Crippen LogP contribution in [-0.4, -0.2) is 41.0 Å². The number of hydrogen-bond donors (Lipinski definition) is 1. The number of pyridine rings is 1. The molecule has 1 aromatic heterocycles. The van der Waals surface area contributed by atoms with Crippen LogP contribution >= 0.6 is 15.9 Å². The highest BCUT2D eigenvalue weighted by Crippen LogP contribution is 2.20. The summed E-state index contributed by atoms with van der Waals surface area (Å²) in [5.74, 6) is -1.05. The number of nitrogens with zero attached hydrogens (tertiary/aromatic N) is 2. The van der Waals surface area contributed by atoms with Crippen molar-refractivity contribution in [3.05, 3.63) is 28.2 Å². The third-order valence-corrected chi connectivity index (χ3v) is 3.72. The first-order valence-electron chi connectivity index (χ1n) is 7.08. The molecular formula is C16H27BrFN3O. The molecule has 0 bridgehead atoms.